The van der Waals surface area contributed by atoms with Gasteiger partial charge in [0.1, 0.15) is 12.4 Å². The molecule has 1 rings (SSSR count). The Balaban J connectivity index is 2.74. The number of aliphatic carboxylic acids is 1. The molecule has 0 heterocycles. The number of rotatable bonds is 6. The Labute approximate surface area is 127 Å². The Kier molecular flexibility index (Phi) is 5.21. The van der Waals surface area contributed by atoms with E-state index in [1.165, 1.54) is 5.56 Å². The van der Waals surface area contributed by atoms with Crippen molar-refractivity contribution in [1.82, 2.24) is 0 Å². The van der Waals surface area contributed by atoms with Crippen LogP contribution in [0.2, 0.25) is 0 Å². The summed E-state index contributed by atoms with van der Waals surface area (Å²) in [6.07, 6.45) is 1.08. The van der Waals surface area contributed by atoms with Crippen LogP contribution >= 0.6 is 0 Å². The maximum Gasteiger partial charge on any atom is 0.334 e. The van der Waals surface area contributed by atoms with Crippen LogP contribution in [0, 0.1) is 5.41 Å². The van der Waals surface area contributed by atoms with Gasteiger partial charge in [-0.2, -0.15) is 0 Å². The molecule has 0 spiro atoms. The molecule has 1 aromatic carbocycles. The van der Waals surface area contributed by atoms with Crippen LogP contribution < -0.4 is 4.74 Å². The average Bonchev–Trinajstić information content (AvgIpc) is 2.33. The molecule has 0 radical (unpaired) electrons. The van der Waals surface area contributed by atoms with Gasteiger partial charge in [-0.15, -0.1) is 0 Å². The number of carbonyl (C=O) groups is 1. The van der Waals surface area contributed by atoms with E-state index in [0.29, 0.717) is 5.75 Å². The largest absolute Gasteiger partial charge is 0.489 e. The molecule has 0 amide bonds. The van der Waals surface area contributed by atoms with Crippen LogP contribution in [0.25, 0.3) is 0 Å². The van der Waals surface area contributed by atoms with E-state index >= 15 is 0 Å². The van der Waals surface area contributed by atoms with Crippen LogP contribution in [0.4, 0.5) is 0 Å². The van der Waals surface area contributed by atoms with Crippen LogP contribution in [-0.2, 0) is 10.2 Å². The van der Waals surface area contributed by atoms with Gasteiger partial charge in [-0.3, -0.25) is 0 Å². The van der Waals surface area contributed by atoms with E-state index in [4.69, 9.17) is 9.84 Å². The first-order chi connectivity index (χ1) is 9.51. The van der Waals surface area contributed by atoms with Gasteiger partial charge in [-0.1, -0.05) is 53.3 Å². The minimum Gasteiger partial charge on any atom is -0.489 e. The summed E-state index contributed by atoms with van der Waals surface area (Å²) < 4.78 is 5.42. The predicted molar refractivity (Wildman–Crippen MR) is 85.8 cm³/mol. The van der Waals surface area contributed by atoms with Gasteiger partial charge in [-0.25, -0.2) is 4.79 Å². The van der Waals surface area contributed by atoms with Crippen LogP contribution in [-0.4, -0.2) is 17.7 Å². The first kappa shape index (κ1) is 17.3. The molecule has 1 N–H and O–H groups in total. The van der Waals surface area contributed by atoms with E-state index in [-0.39, 0.29) is 23.0 Å². The molecule has 0 saturated heterocycles. The topological polar surface area (TPSA) is 46.5 Å². The molecule has 0 unspecified atom stereocenters. The van der Waals surface area contributed by atoms with Gasteiger partial charge in [-0.05, 0) is 34.9 Å². The Morgan fingerprint density at radius 1 is 1.14 bits per heavy atom. The average molecular weight is 290 g/mol. The molecule has 0 aliphatic rings. The summed E-state index contributed by atoms with van der Waals surface area (Å²) in [6.45, 7) is 14.6. The number of hydrogen-bond donors (Lipinski definition) is 1. The zero-order valence-corrected chi connectivity index (χ0v) is 13.7. The molecule has 0 fully saturated rings. The van der Waals surface area contributed by atoms with Gasteiger partial charge in [0.25, 0.3) is 0 Å². The molecule has 0 saturated carbocycles. The standard InChI is InChI=1S/C18H26O3/c1-13(16(19)20)11-21-15-9-7-14(8-10-15)18(5,6)12-17(2,3)4/h7-10H,1,11-12H2,2-6H3,(H,19,20). The van der Waals surface area contributed by atoms with Crippen molar-refractivity contribution in [1.29, 1.82) is 0 Å². The summed E-state index contributed by atoms with van der Waals surface area (Å²) in [5.41, 5.74) is 1.65. The number of carboxylic acids is 1. The fourth-order valence-corrected chi connectivity index (χ4v) is 2.66. The quantitative estimate of drug-likeness (QED) is 0.789. The molecular weight excluding hydrogens is 264 g/mol. The zero-order valence-electron chi connectivity index (χ0n) is 13.7. The normalized spacial score (nSPS) is 12.0. The third kappa shape index (κ3) is 5.62. The van der Waals surface area contributed by atoms with Crippen molar-refractivity contribution in [3.63, 3.8) is 0 Å². The summed E-state index contributed by atoms with van der Waals surface area (Å²) in [5.74, 6) is -0.370. The fraction of sp³-hybridized carbons (Fsp3) is 0.500. The maximum atomic E-state index is 10.7. The number of carboxylic acid groups (broad SMARTS) is 1. The lowest BCUT2D eigenvalue weighted by Gasteiger charge is -2.33. The SMILES string of the molecule is C=C(COc1ccc(C(C)(C)CC(C)(C)C)cc1)C(=O)O. The van der Waals surface area contributed by atoms with Crippen LogP contribution in [0.1, 0.15) is 46.6 Å². The Hall–Kier alpha value is -1.77. The van der Waals surface area contributed by atoms with Gasteiger partial charge in [0.05, 0.1) is 5.57 Å². The third-order valence-corrected chi connectivity index (χ3v) is 3.32. The summed E-state index contributed by atoms with van der Waals surface area (Å²) in [5, 5.41) is 8.74. The summed E-state index contributed by atoms with van der Waals surface area (Å²) in [7, 11) is 0. The molecule has 1 aromatic rings. The smallest absolute Gasteiger partial charge is 0.334 e. The summed E-state index contributed by atoms with van der Waals surface area (Å²) >= 11 is 0. The highest BCUT2D eigenvalue weighted by atomic mass is 16.5. The van der Waals surface area contributed by atoms with Gasteiger partial charge in [0.2, 0.25) is 0 Å². The summed E-state index contributed by atoms with van der Waals surface area (Å²) in [4.78, 5) is 10.7. The second-order valence-electron chi connectivity index (χ2n) is 7.34. The Morgan fingerprint density at radius 2 is 1.67 bits per heavy atom. The second-order valence-corrected chi connectivity index (χ2v) is 7.34. The number of benzene rings is 1. The summed E-state index contributed by atoms with van der Waals surface area (Å²) in [6, 6.07) is 7.86. The number of ether oxygens (including phenoxy) is 1. The van der Waals surface area contributed by atoms with Crippen molar-refractivity contribution < 1.29 is 14.6 Å². The van der Waals surface area contributed by atoms with Crippen LogP contribution in [0.3, 0.4) is 0 Å². The molecular formula is C18H26O3. The van der Waals surface area contributed by atoms with Crippen molar-refractivity contribution in [3.8, 4) is 5.75 Å². The molecule has 0 aromatic heterocycles. The van der Waals surface area contributed by atoms with E-state index in [2.05, 4.69) is 41.2 Å². The Morgan fingerprint density at radius 3 is 2.10 bits per heavy atom. The lowest BCUT2D eigenvalue weighted by atomic mass is 9.72. The lowest BCUT2D eigenvalue weighted by molar-refractivity contribution is -0.133. The Bertz CT molecular complexity index is 504. The van der Waals surface area contributed by atoms with E-state index in [9.17, 15) is 4.79 Å². The predicted octanol–water partition coefficient (Wildman–Crippen LogP) is 4.42. The van der Waals surface area contributed by atoms with Crippen molar-refractivity contribution in [2.24, 2.45) is 5.41 Å². The fourth-order valence-electron chi connectivity index (χ4n) is 2.66. The molecule has 0 bridgehead atoms. The highest BCUT2D eigenvalue weighted by Crippen LogP contribution is 2.36. The van der Waals surface area contributed by atoms with E-state index < -0.39 is 5.97 Å². The van der Waals surface area contributed by atoms with E-state index in [1.54, 1.807) is 0 Å². The van der Waals surface area contributed by atoms with Crippen LogP contribution in [0.5, 0.6) is 5.75 Å². The third-order valence-electron chi connectivity index (χ3n) is 3.32. The molecule has 3 heteroatoms. The molecule has 116 valence electrons. The molecule has 3 nitrogen and oxygen atoms in total. The minimum atomic E-state index is -1.03. The van der Waals surface area contributed by atoms with Gasteiger partial charge in [0, 0.05) is 0 Å². The highest BCUT2D eigenvalue weighted by molar-refractivity contribution is 5.86. The van der Waals surface area contributed by atoms with Crippen molar-refractivity contribution in [2.45, 2.75) is 46.5 Å². The second kappa shape index (κ2) is 6.33. The van der Waals surface area contributed by atoms with Gasteiger partial charge < -0.3 is 9.84 Å². The molecule has 0 aliphatic heterocycles. The molecule has 0 aliphatic carbocycles. The van der Waals surface area contributed by atoms with Gasteiger partial charge in [0.15, 0.2) is 0 Å². The van der Waals surface area contributed by atoms with Gasteiger partial charge >= 0.3 is 5.97 Å². The molecule has 0 atom stereocenters. The molecule has 21 heavy (non-hydrogen) atoms. The minimum absolute atomic E-state index is 0.0000635. The lowest BCUT2D eigenvalue weighted by Crippen LogP contribution is -2.24. The first-order valence-corrected chi connectivity index (χ1v) is 7.16. The van der Waals surface area contributed by atoms with Crippen molar-refractivity contribution in [2.75, 3.05) is 6.61 Å². The van der Waals surface area contributed by atoms with Crippen LogP contribution in [0.15, 0.2) is 36.4 Å². The zero-order chi connectivity index (χ0) is 16.3. The van der Waals surface area contributed by atoms with E-state index in [0.717, 1.165) is 6.42 Å². The monoisotopic (exact) mass is 290 g/mol. The maximum absolute atomic E-state index is 10.7. The highest BCUT2D eigenvalue weighted by Gasteiger charge is 2.27. The van der Waals surface area contributed by atoms with Crippen molar-refractivity contribution in [3.05, 3.63) is 42.0 Å². The van der Waals surface area contributed by atoms with E-state index in [1.807, 2.05) is 24.3 Å². The number of hydrogen-bond acceptors (Lipinski definition) is 2. The first-order valence-electron chi connectivity index (χ1n) is 7.16. The van der Waals surface area contributed by atoms with Crippen molar-refractivity contribution >= 4 is 5.97 Å².